The number of carbonyl (C=O) groups is 1. The Balaban J connectivity index is 2.17. The molecule has 0 bridgehead atoms. The number of amides is 1. The monoisotopic (exact) mass is 349 g/mol. The summed E-state index contributed by atoms with van der Waals surface area (Å²) in [5.41, 5.74) is -0.591. The van der Waals surface area contributed by atoms with Crippen LogP contribution >= 0.6 is 0 Å². The first-order valence-electron chi connectivity index (χ1n) is 6.40. The van der Waals surface area contributed by atoms with E-state index in [1.54, 1.807) is 0 Å². The van der Waals surface area contributed by atoms with Gasteiger partial charge in [0.2, 0.25) is 0 Å². The summed E-state index contributed by atoms with van der Waals surface area (Å²) in [5, 5.41) is 2.09. The van der Waals surface area contributed by atoms with E-state index in [0.717, 1.165) is 30.3 Å². The van der Waals surface area contributed by atoms with Crippen molar-refractivity contribution >= 4 is 11.6 Å². The molecule has 0 aliphatic heterocycles. The topological polar surface area (TPSA) is 38.3 Å². The maximum atomic E-state index is 13.5. The highest BCUT2D eigenvalue weighted by molar-refractivity contribution is 6.04. The van der Waals surface area contributed by atoms with Gasteiger partial charge in [0.05, 0.1) is 5.69 Å². The second kappa shape index (κ2) is 6.81. The smallest absolute Gasteiger partial charge is 0.428 e. The van der Waals surface area contributed by atoms with Crippen LogP contribution in [0.25, 0.3) is 0 Å². The number of rotatable bonds is 5. The molecule has 0 spiro atoms. The van der Waals surface area contributed by atoms with Gasteiger partial charge in [0.15, 0.2) is 0 Å². The van der Waals surface area contributed by atoms with Crippen LogP contribution in [0.2, 0.25) is 0 Å². The van der Waals surface area contributed by atoms with E-state index in [1.165, 1.54) is 6.07 Å². The molecule has 2 aromatic carbocycles. The molecule has 0 unspecified atom stereocenters. The van der Waals surface area contributed by atoms with Crippen molar-refractivity contribution in [1.82, 2.24) is 0 Å². The van der Waals surface area contributed by atoms with Gasteiger partial charge in [-0.2, -0.15) is 17.6 Å². The van der Waals surface area contributed by atoms with E-state index >= 15 is 0 Å². The maximum absolute atomic E-state index is 13.5. The largest absolute Gasteiger partial charge is 0.461 e. The van der Waals surface area contributed by atoms with Crippen LogP contribution in [-0.4, -0.2) is 18.4 Å². The Morgan fingerprint density at radius 2 is 1.79 bits per heavy atom. The fourth-order valence-corrected chi connectivity index (χ4v) is 1.69. The van der Waals surface area contributed by atoms with E-state index in [2.05, 4.69) is 10.1 Å². The van der Waals surface area contributed by atoms with Crippen LogP contribution in [0.4, 0.5) is 32.0 Å². The number of hydrogen-bond acceptors (Lipinski definition) is 2. The van der Waals surface area contributed by atoms with Crippen LogP contribution in [-0.2, 0) is 0 Å². The Kier molecular flexibility index (Phi) is 5.01. The van der Waals surface area contributed by atoms with Crippen molar-refractivity contribution in [2.75, 3.05) is 5.32 Å². The third kappa shape index (κ3) is 4.18. The lowest BCUT2D eigenvalue weighted by Crippen LogP contribution is -2.33. The standard InChI is InChI=1S/C15H9F6NO2/c16-9-4-5-12(11(17)7-9)22-13(23)8-2-1-3-10(6-8)24-15(20,21)14(18)19/h1-7,14H,(H,22,23). The van der Waals surface area contributed by atoms with Gasteiger partial charge in [0.25, 0.3) is 5.91 Å². The van der Waals surface area contributed by atoms with Crippen molar-refractivity contribution in [1.29, 1.82) is 0 Å². The van der Waals surface area contributed by atoms with E-state index in [0.29, 0.717) is 6.07 Å². The van der Waals surface area contributed by atoms with Crippen LogP contribution in [0, 0.1) is 11.6 Å². The Hall–Kier alpha value is -2.71. The number of halogens is 6. The van der Waals surface area contributed by atoms with E-state index in [1.807, 2.05) is 0 Å². The molecule has 2 aromatic rings. The average molecular weight is 349 g/mol. The van der Waals surface area contributed by atoms with E-state index in [9.17, 15) is 31.1 Å². The van der Waals surface area contributed by atoms with Gasteiger partial charge in [-0.15, -0.1) is 0 Å². The van der Waals surface area contributed by atoms with Crippen LogP contribution < -0.4 is 10.1 Å². The number of anilines is 1. The molecule has 0 radical (unpaired) electrons. The van der Waals surface area contributed by atoms with Crippen molar-refractivity contribution in [2.45, 2.75) is 12.5 Å². The van der Waals surface area contributed by atoms with Crippen LogP contribution in [0.1, 0.15) is 10.4 Å². The number of hydrogen-bond donors (Lipinski definition) is 1. The first-order valence-corrected chi connectivity index (χ1v) is 6.40. The minimum Gasteiger partial charge on any atom is -0.428 e. The minimum absolute atomic E-state index is 0.249. The van der Waals surface area contributed by atoms with E-state index in [-0.39, 0.29) is 11.3 Å². The molecule has 0 aliphatic rings. The summed E-state index contributed by atoms with van der Waals surface area (Å²) in [6, 6.07) is 6.43. The maximum Gasteiger partial charge on any atom is 0.461 e. The van der Waals surface area contributed by atoms with Crippen molar-refractivity contribution in [3.05, 3.63) is 59.7 Å². The van der Waals surface area contributed by atoms with Gasteiger partial charge in [0, 0.05) is 11.6 Å². The normalized spacial score (nSPS) is 11.5. The van der Waals surface area contributed by atoms with Crippen LogP contribution in [0.15, 0.2) is 42.5 Å². The summed E-state index contributed by atoms with van der Waals surface area (Å²) >= 11 is 0. The third-order valence-corrected chi connectivity index (χ3v) is 2.78. The van der Waals surface area contributed by atoms with E-state index in [4.69, 9.17) is 0 Å². The number of benzene rings is 2. The van der Waals surface area contributed by atoms with Gasteiger partial charge in [-0.3, -0.25) is 4.79 Å². The lowest BCUT2D eigenvalue weighted by Gasteiger charge is -2.17. The second-order valence-electron chi connectivity index (χ2n) is 4.57. The third-order valence-electron chi connectivity index (χ3n) is 2.78. The number of carbonyl (C=O) groups excluding carboxylic acids is 1. The van der Waals surface area contributed by atoms with Gasteiger partial charge in [0.1, 0.15) is 17.4 Å². The molecule has 3 nitrogen and oxygen atoms in total. The van der Waals surface area contributed by atoms with Crippen molar-refractivity contribution < 1.29 is 35.9 Å². The molecule has 9 heteroatoms. The summed E-state index contributed by atoms with van der Waals surface area (Å²) < 4.78 is 80.0. The molecule has 0 atom stereocenters. The molecule has 0 aromatic heterocycles. The molecule has 0 aliphatic carbocycles. The van der Waals surface area contributed by atoms with Crippen molar-refractivity contribution in [2.24, 2.45) is 0 Å². The summed E-state index contributed by atoms with van der Waals surface area (Å²) in [4.78, 5) is 11.9. The van der Waals surface area contributed by atoms with Gasteiger partial charge >= 0.3 is 12.5 Å². The molecule has 24 heavy (non-hydrogen) atoms. The average Bonchev–Trinajstić information content (AvgIpc) is 2.49. The highest BCUT2D eigenvalue weighted by Gasteiger charge is 2.44. The Morgan fingerprint density at radius 1 is 1.08 bits per heavy atom. The predicted octanol–water partition coefficient (Wildman–Crippen LogP) is 4.45. The molecule has 1 N–H and O–H groups in total. The van der Waals surface area contributed by atoms with Gasteiger partial charge in [-0.05, 0) is 30.3 Å². The molecular formula is C15H9F6NO2. The van der Waals surface area contributed by atoms with Crippen LogP contribution in [0.3, 0.4) is 0 Å². The van der Waals surface area contributed by atoms with Gasteiger partial charge in [-0.25, -0.2) is 8.78 Å². The fourth-order valence-electron chi connectivity index (χ4n) is 1.69. The SMILES string of the molecule is O=C(Nc1ccc(F)cc1F)c1cccc(OC(F)(F)C(F)F)c1. The van der Waals surface area contributed by atoms with Crippen LogP contribution in [0.5, 0.6) is 5.75 Å². The number of nitrogens with one attached hydrogen (secondary N) is 1. The molecule has 0 saturated heterocycles. The minimum atomic E-state index is -4.72. The van der Waals surface area contributed by atoms with Gasteiger partial charge < -0.3 is 10.1 Å². The lowest BCUT2D eigenvalue weighted by atomic mass is 10.2. The first kappa shape index (κ1) is 17.6. The molecule has 1 amide bonds. The summed E-state index contributed by atoms with van der Waals surface area (Å²) in [6.07, 6.45) is -8.78. The zero-order valence-electron chi connectivity index (χ0n) is 11.7. The Morgan fingerprint density at radius 3 is 2.42 bits per heavy atom. The quantitative estimate of drug-likeness (QED) is 0.810. The van der Waals surface area contributed by atoms with Crippen molar-refractivity contribution in [3.8, 4) is 5.75 Å². The summed E-state index contributed by atoms with van der Waals surface area (Å²) in [5.74, 6) is -3.49. The number of ether oxygens (including phenoxy) is 1. The molecular weight excluding hydrogens is 340 g/mol. The second-order valence-corrected chi connectivity index (χ2v) is 4.57. The molecule has 0 heterocycles. The Bertz CT molecular complexity index is 750. The van der Waals surface area contributed by atoms with Gasteiger partial charge in [-0.1, -0.05) is 6.07 Å². The van der Waals surface area contributed by atoms with E-state index < -0.39 is 35.8 Å². The summed E-state index contributed by atoms with van der Waals surface area (Å²) in [6.45, 7) is 0. The predicted molar refractivity (Wildman–Crippen MR) is 72.3 cm³/mol. The zero-order valence-corrected chi connectivity index (χ0v) is 11.7. The highest BCUT2D eigenvalue weighted by atomic mass is 19.3. The molecule has 2 rings (SSSR count). The lowest BCUT2D eigenvalue weighted by molar-refractivity contribution is -0.253. The molecule has 0 saturated carbocycles. The number of alkyl halides is 4. The summed E-state index contributed by atoms with van der Waals surface area (Å²) in [7, 11) is 0. The van der Waals surface area contributed by atoms with Crippen molar-refractivity contribution in [3.63, 3.8) is 0 Å². The molecule has 128 valence electrons. The Labute approximate surface area is 131 Å². The molecule has 0 fully saturated rings. The highest BCUT2D eigenvalue weighted by Crippen LogP contribution is 2.28. The fraction of sp³-hybridized carbons (Fsp3) is 0.133. The first-order chi connectivity index (χ1) is 11.2. The zero-order chi connectivity index (χ0) is 17.9.